The van der Waals surface area contributed by atoms with Crippen molar-refractivity contribution in [1.29, 1.82) is 0 Å². The molecule has 5 nitrogen and oxygen atoms in total. The van der Waals surface area contributed by atoms with E-state index in [1.54, 1.807) is 24.3 Å². The lowest BCUT2D eigenvalue weighted by Gasteiger charge is -2.22. The maximum Gasteiger partial charge on any atom is 0.243 e. The fourth-order valence-corrected chi connectivity index (χ4v) is 3.08. The summed E-state index contributed by atoms with van der Waals surface area (Å²) in [4.78, 5) is 23.2. The minimum Gasteiger partial charge on any atom is -0.550 e. The van der Waals surface area contributed by atoms with Crippen LogP contribution < -0.4 is 5.11 Å². The van der Waals surface area contributed by atoms with Crippen LogP contribution in [0.3, 0.4) is 0 Å². The van der Waals surface area contributed by atoms with Crippen molar-refractivity contribution in [2.24, 2.45) is 5.10 Å². The molecule has 26 heavy (non-hydrogen) atoms. The van der Waals surface area contributed by atoms with Gasteiger partial charge in [0.15, 0.2) is 0 Å². The smallest absolute Gasteiger partial charge is 0.243 e. The Morgan fingerprint density at radius 1 is 1.00 bits per heavy atom. The molecule has 0 saturated carbocycles. The summed E-state index contributed by atoms with van der Waals surface area (Å²) >= 11 is 11.9. The summed E-state index contributed by atoms with van der Waals surface area (Å²) in [5, 5.41) is 17.7. The molecule has 0 spiro atoms. The lowest BCUT2D eigenvalue weighted by Crippen LogP contribution is -2.29. The minimum absolute atomic E-state index is 0.163. The lowest BCUT2D eigenvalue weighted by molar-refractivity contribution is -0.305. The normalized spacial score (nSPS) is 16.5. The molecule has 0 bridgehead atoms. The number of halogens is 2. The number of carbonyl (C=O) groups is 2. The van der Waals surface area contributed by atoms with Crippen LogP contribution >= 0.6 is 23.2 Å². The second-order valence-electron chi connectivity index (χ2n) is 5.94. The Hall–Kier alpha value is -2.37. The third-order valence-electron chi connectivity index (χ3n) is 4.14. The van der Waals surface area contributed by atoms with Gasteiger partial charge in [0.25, 0.3) is 0 Å². The van der Waals surface area contributed by atoms with Gasteiger partial charge in [-0.25, -0.2) is 5.01 Å². The quantitative estimate of drug-likeness (QED) is 0.787. The monoisotopic (exact) mass is 389 g/mol. The summed E-state index contributed by atoms with van der Waals surface area (Å²) in [7, 11) is 0. The van der Waals surface area contributed by atoms with E-state index in [0.29, 0.717) is 16.5 Å². The van der Waals surface area contributed by atoms with Crippen molar-refractivity contribution in [3.63, 3.8) is 0 Å². The van der Waals surface area contributed by atoms with E-state index >= 15 is 0 Å². The lowest BCUT2D eigenvalue weighted by atomic mass is 9.98. The maximum absolute atomic E-state index is 12.5. The Kier molecular flexibility index (Phi) is 5.59. The highest BCUT2D eigenvalue weighted by atomic mass is 35.5. The minimum atomic E-state index is -1.26. The van der Waals surface area contributed by atoms with Crippen LogP contribution in [-0.2, 0) is 9.59 Å². The Balaban J connectivity index is 1.89. The Bertz CT molecular complexity index is 848. The van der Waals surface area contributed by atoms with E-state index in [-0.39, 0.29) is 24.8 Å². The molecule has 0 aliphatic carbocycles. The molecule has 0 aromatic heterocycles. The van der Waals surface area contributed by atoms with Crippen molar-refractivity contribution in [1.82, 2.24) is 5.01 Å². The van der Waals surface area contributed by atoms with Gasteiger partial charge in [-0.05, 0) is 41.8 Å². The van der Waals surface area contributed by atoms with E-state index in [9.17, 15) is 14.7 Å². The number of aliphatic carboxylic acids is 1. The molecule has 0 N–H and O–H groups in total. The van der Waals surface area contributed by atoms with E-state index < -0.39 is 5.97 Å². The first kappa shape index (κ1) is 18.4. The SMILES string of the molecule is O=C([O-])CCC(=O)N1N=C(c2ccc(Cl)cc2)C[C@@H]1c1ccc(Cl)cc1. The molecule has 1 atom stereocenters. The molecule has 134 valence electrons. The summed E-state index contributed by atoms with van der Waals surface area (Å²) in [6, 6.07) is 14.1. The van der Waals surface area contributed by atoms with Gasteiger partial charge in [0.2, 0.25) is 5.91 Å². The summed E-state index contributed by atoms with van der Waals surface area (Å²) in [6.45, 7) is 0. The van der Waals surface area contributed by atoms with Crippen LogP contribution in [0.15, 0.2) is 53.6 Å². The van der Waals surface area contributed by atoms with Crippen molar-refractivity contribution in [2.45, 2.75) is 25.3 Å². The van der Waals surface area contributed by atoms with Gasteiger partial charge in [0, 0.05) is 28.9 Å². The van der Waals surface area contributed by atoms with Gasteiger partial charge in [-0.2, -0.15) is 5.10 Å². The first-order chi connectivity index (χ1) is 12.4. The van der Waals surface area contributed by atoms with Gasteiger partial charge >= 0.3 is 0 Å². The van der Waals surface area contributed by atoms with Gasteiger partial charge in [0.1, 0.15) is 0 Å². The number of amides is 1. The van der Waals surface area contributed by atoms with Crippen LogP contribution in [0, 0.1) is 0 Å². The molecule has 2 aromatic carbocycles. The zero-order valence-electron chi connectivity index (χ0n) is 13.7. The van der Waals surface area contributed by atoms with Gasteiger partial charge in [-0.3, -0.25) is 4.79 Å². The van der Waals surface area contributed by atoms with Crippen LogP contribution in [0.2, 0.25) is 10.0 Å². The van der Waals surface area contributed by atoms with Gasteiger partial charge in [-0.15, -0.1) is 0 Å². The third-order valence-corrected chi connectivity index (χ3v) is 4.65. The summed E-state index contributed by atoms with van der Waals surface area (Å²) in [5.74, 6) is -1.62. The zero-order chi connectivity index (χ0) is 18.7. The van der Waals surface area contributed by atoms with Crippen LogP contribution in [0.4, 0.5) is 0 Å². The fourth-order valence-electron chi connectivity index (χ4n) is 2.83. The number of carboxylic acids is 1. The molecule has 1 amide bonds. The second-order valence-corrected chi connectivity index (χ2v) is 6.81. The second kappa shape index (κ2) is 7.89. The molecule has 1 heterocycles. The van der Waals surface area contributed by atoms with E-state index in [1.165, 1.54) is 5.01 Å². The third kappa shape index (κ3) is 4.23. The van der Waals surface area contributed by atoms with E-state index in [0.717, 1.165) is 16.8 Å². The van der Waals surface area contributed by atoms with E-state index in [1.807, 2.05) is 24.3 Å². The highest BCUT2D eigenvalue weighted by Gasteiger charge is 2.32. The van der Waals surface area contributed by atoms with Gasteiger partial charge in [0.05, 0.1) is 11.8 Å². The summed E-state index contributed by atoms with van der Waals surface area (Å²) < 4.78 is 0. The molecule has 0 radical (unpaired) electrons. The van der Waals surface area contributed by atoms with Gasteiger partial charge in [-0.1, -0.05) is 47.5 Å². The molecular weight excluding hydrogens is 375 g/mol. The van der Waals surface area contributed by atoms with Crippen molar-refractivity contribution >= 4 is 40.8 Å². The number of benzene rings is 2. The number of nitrogens with zero attached hydrogens (tertiary/aromatic N) is 2. The molecule has 2 aromatic rings. The average molecular weight is 390 g/mol. The van der Waals surface area contributed by atoms with Crippen molar-refractivity contribution < 1.29 is 14.7 Å². The van der Waals surface area contributed by atoms with Crippen molar-refractivity contribution in [2.75, 3.05) is 0 Å². The van der Waals surface area contributed by atoms with Crippen LogP contribution in [0.25, 0.3) is 0 Å². The number of rotatable bonds is 5. The highest BCUT2D eigenvalue weighted by molar-refractivity contribution is 6.31. The standard InChI is InChI=1S/C19H16Cl2N2O3/c20-14-5-1-12(2-6-14)16-11-17(13-3-7-15(21)8-4-13)23(22-16)18(24)9-10-19(25)26/h1-8,17H,9-11H2,(H,25,26)/p-1/t17-/m1/s1. The highest BCUT2D eigenvalue weighted by Crippen LogP contribution is 2.34. The largest absolute Gasteiger partial charge is 0.550 e. The predicted octanol–water partition coefficient (Wildman–Crippen LogP) is 3.20. The topological polar surface area (TPSA) is 72.8 Å². The maximum atomic E-state index is 12.5. The summed E-state index contributed by atoms with van der Waals surface area (Å²) in [6.07, 6.45) is 0.0125. The number of carbonyl (C=O) groups excluding carboxylic acids is 2. The van der Waals surface area contributed by atoms with E-state index in [2.05, 4.69) is 5.10 Å². The van der Waals surface area contributed by atoms with Crippen LogP contribution in [0.5, 0.6) is 0 Å². The van der Waals surface area contributed by atoms with Crippen molar-refractivity contribution in [3.05, 3.63) is 69.7 Å². The van der Waals surface area contributed by atoms with Crippen molar-refractivity contribution in [3.8, 4) is 0 Å². The fraction of sp³-hybridized carbons (Fsp3) is 0.211. The first-order valence-electron chi connectivity index (χ1n) is 8.05. The van der Waals surface area contributed by atoms with Crippen LogP contribution in [-0.4, -0.2) is 22.6 Å². The number of hydrogen-bond acceptors (Lipinski definition) is 4. The average Bonchev–Trinajstić information content (AvgIpc) is 3.06. The molecule has 7 heteroatoms. The molecule has 0 saturated heterocycles. The molecule has 3 rings (SSSR count). The Morgan fingerprint density at radius 3 is 2.15 bits per heavy atom. The number of hydrazone groups is 1. The Labute approximate surface area is 160 Å². The predicted molar refractivity (Wildman–Crippen MR) is 97.9 cm³/mol. The van der Waals surface area contributed by atoms with E-state index in [4.69, 9.17) is 23.2 Å². The molecule has 0 unspecified atom stereocenters. The van der Waals surface area contributed by atoms with Crippen LogP contribution in [0.1, 0.15) is 36.4 Å². The molecule has 0 fully saturated rings. The molecule has 1 aliphatic rings. The number of hydrogen-bond donors (Lipinski definition) is 0. The summed E-state index contributed by atoms with van der Waals surface area (Å²) in [5.41, 5.74) is 2.48. The van der Waals surface area contributed by atoms with Gasteiger partial charge < -0.3 is 9.90 Å². The Morgan fingerprint density at radius 2 is 1.58 bits per heavy atom. The first-order valence-corrected chi connectivity index (χ1v) is 8.80. The zero-order valence-corrected chi connectivity index (χ0v) is 15.2. The molecular formula is C19H15Cl2N2O3-. The number of carboxylic acid groups (broad SMARTS) is 1. The molecule has 1 aliphatic heterocycles.